The van der Waals surface area contributed by atoms with Gasteiger partial charge < -0.3 is 10.2 Å². The lowest BCUT2D eigenvalue weighted by Gasteiger charge is -2.25. The fourth-order valence-electron chi connectivity index (χ4n) is 3.76. The van der Waals surface area contributed by atoms with Gasteiger partial charge in [-0.25, -0.2) is 4.98 Å². The van der Waals surface area contributed by atoms with E-state index in [1.807, 2.05) is 18.4 Å². The third-order valence-electron chi connectivity index (χ3n) is 4.97. The normalized spacial score (nSPS) is 22.0. The highest BCUT2D eigenvalue weighted by atomic mass is 127. The summed E-state index contributed by atoms with van der Waals surface area (Å²) in [5.74, 6) is 1.06. The first-order valence-electron chi connectivity index (χ1n) is 8.80. The largest absolute Gasteiger partial charge is 0.356 e. The summed E-state index contributed by atoms with van der Waals surface area (Å²) < 4.78 is 0. The lowest BCUT2D eigenvalue weighted by Crippen LogP contribution is -2.43. The Morgan fingerprint density at radius 2 is 2.04 bits per heavy atom. The molecule has 2 aliphatic rings. The SMILES string of the molecule is CN=C(NCCc1sc(C)nc1C)N1CCC(N2CCCC2)C1.I. The fraction of sp³-hybridized carbons (Fsp3) is 0.765. The quantitative estimate of drug-likeness (QED) is 0.424. The molecule has 0 bridgehead atoms. The average molecular weight is 463 g/mol. The van der Waals surface area contributed by atoms with Gasteiger partial charge in [-0.1, -0.05) is 0 Å². The number of halogens is 1. The van der Waals surface area contributed by atoms with Crippen molar-refractivity contribution in [1.82, 2.24) is 20.1 Å². The van der Waals surface area contributed by atoms with Crippen LogP contribution in [-0.4, -0.2) is 66.6 Å². The molecule has 136 valence electrons. The second kappa shape index (κ2) is 9.33. The van der Waals surface area contributed by atoms with Gasteiger partial charge in [0.25, 0.3) is 0 Å². The minimum Gasteiger partial charge on any atom is -0.356 e. The smallest absolute Gasteiger partial charge is 0.193 e. The van der Waals surface area contributed by atoms with Gasteiger partial charge in [0.1, 0.15) is 0 Å². The summed E-state index contributed by atoms with van der Waals surface area (Å²) in [6.07, 6.45) is 5.04. The van der Waals surface area contributed by atoms with Gasteiger partial charge in [0, 0.05) is 44.0 Å². The first kappa shape index (κ1) is 19.9. The first-order valence-corrected chi connectivity index (χ1v) is 9.61. The van der Waals surface area contributed by atoms with E-state index in [-0.39, 0.29) is 24.0 Å². The molecule has 3 rings (SSSR count). The molecule has 0 radical (unpaired) electrons. The molecular weight excluding hydrogens is 433 g/mol. The van der Waals surface area contributed by atoms with Crippen LogP contribution in [0.3, 0.4) is 0 Å². The molecular formula is C17H30IN5S. The van der Waals surface area contributed by atoms with Crippen LogP contribution >= 0.6 is 35.3 Å². The molecule has 0 spiro atoms. The lowest BCUT2D eigenvalue weighted by atomic mass is 10.2. The van der Waals surface area contributed by atoms with Crippen LogP contribution in [0.5, 0.6) is 0 Å². The predicted molar refractivity (Wildman–Crippen MR) is 113 cm³/mol. The van der Waals surface area contributed by atoms with Crippen LogP contribution in [0.1, 0.15) is 34.8 Å². The highest BCUT2D eigenvalue weighted by Crippen LogP contribution is 2.20. The monoisotopic (exact) mass is 463 g/mol. The third-order valence-corrected chi connectivity index (χ3v) is 6.10. The molecule has 0 amide bonds. The number of aromatic nitrogens is 1. The molecule has 1 aromatic heterocycles. The molecule has 24 heavy (non-hydrogen) atoms. The Balaban J connectivity index is 0.00000208. The summed E-state index contributed by atoms with van der Waals surface area (Å²) in [5.41, 5.74) is 1.18. The standard InChI is InChI=1S/C17H29N5S.HI/c1-13-16(23-14(2)20-13)6-8-19-17(18-3)22-11-7-15(12-22)21-9-4-5-10-21;/h15H,4-12H2,1-3H3,(H,18,19);1H. The van der Waals surface area contributed by atoms with Crippen molar-refractivity contribution in [2.24, 2.45) is 4.99 Å². The molecule has 3 heterocycles. The second-order valence-electron chi connectivity index (χ2n) is 6.60. The second-order valence-corrected chi connectivity index (χ2v) is 7.88. The molecule has 1 unspecified atom stereocenters. The minimum atomic E-state index is 0. The van der Waals surface area contributed by atoms with Crippen LogP contribution in [0.15, 0.2) is 4.99 Å². The van der Waals surface area contributed by atoms with Crippen molar-refractivity contribution < 1.29 is 0 Å². The number of hydrogen-bond donors (Lipinski definition) is 1. The molecule has 2 fully saturated rings. The van der Waals surface area contributed by atoms with Gasteiger partial charge in [-0.2, -0.15) is 0 Å². The van der Waals surface area contributed by atoms with E-state index >= 15 is 0 Å². The van der Waals surface area contributed by atoms with Gasteiger partial charge >= 0.3 is 0 Å². The van der Waals surface area contributed by atoms with Gasteiger partial charge in [0.05, 0.1) is 10.7 Å². The summed E-state index contributed by atoms with van der Waals surface area (Å²) in [7, 11) is 1.90. The number of nitrogens with zero attached hydrogens (tertiary/aromatic N) is 4. The van der Waals surface area contributed by atoms with Crippen molar-refractivity contribution in [3.63, 3.8) is 0 Å². The van der Waals surface area contributed by atoms with E-state index in [1.165, 1.54) is 42.9 Å². The summed E-state index contributed by atoms with van der Waals surface area (Å²) in [6, 6.07) is 0.724. The van der Waals surface area contributed by atoms with E-state index in [9.17, 15) is 0 Å². The van der Waals surface area contributed by atoms with Crippen molar-refractivity contribution in [1.29, 1.82) is 0 Å². The zero-order chi connectivity index (χ0) is 16.2. The van der Waals surface area contributed by atoms with Crippen molar-refractivity contribution in [2.45, 2.75) is 45.6 Å². The van der Waals surface area contributed by atoms with Gasteiger partial charge in [-0.05, 0) is 46.2 Å². The number of likely N-dealkylation sites (tertiary alicyclic amines) is 2. The molecule has 0 aliphatic carbocycles. The number of guanidine groups is 1. The fourth-order valence-corrected chi connectivity index (χ4v) is 4.70. The molecule has 1 aromatic rings. The molecule has 2 aliphatic heterocycles. The summed E-state index contributed by atoms with van der Waals surface area (Å²) in [6.45, 7) is 9.94. The Kier molecular flexibility index (Phi) is 7.74. The molecule has 0 aromatic carbocycles. The highest BCUT2D eigenvalue weighted by Gasteiger charge is 2.30. The Bertz CT molecular complexity index is 553. The van der Waals surface area contributed by atoms with Crippen LogP contribution < -0.4 is 5.32 Å². The zero-order valence-electron chi connectivity index (χ0n) is 15.0. The molecule has 1 atom stereocenters. The maximum Gasteiger partial charge on any atom is 0.193 e. The number of hydrogen-bond acceptors (Lipinski definition) is 4. The Labute approximate surface area is 166 Å². The number of thiazole rings is 1. The van der Waals surface area contributed by atoms with Crippen LogP contribution in [0, 0.1) is 13.8 Å². The van der Waals surface area contributed by atoms with Crippen LogP contribution in [0.2, 0.25) is 0 Å². The van der Waals surface area contributed by atoms with E-state index in [2.05, 4.69) is 38.9 Å². The van der Waals surface area contributed by atoms with E-state index in [0.29, 0.717) is 0 Å². The highest BCUT2D eigenvalue weighted by molar-refractivity contribution is 14.0. The van der Waals surface area contributed by atoms with Crippen LogP contribution in [-0.2, 0) is 6.42 Å². The maximum atomic E-state index is 4.51. The van der Waals surface area contributed by atoms with E-state index in [4.69, 9.17) is 0 Å². The number of aliphatic imine (C=N–C) groups is 1. The summed E-state index contributed by atoms with van der Waals surface area (Å²) in [5, 5.41) is 4.71. The molecule has 7 heteroatoms. The van der Waals surface area contributed by atoms with E-state index in [1.54, 1.807) is 0 Å². The van der Waals surface area contributed by atoms with Gasteiger partial charge in [-0.15, -0.1) is 35.3 Å². The van der Waals surface area contributed by atoms with Crippen LogP contribution in [0.25, 0.3) is 0 Å². The third kappa shape index (κ3) is 4.82. The Hall–Kier alpha value is -0.410. The van der Waals surface area contributed by atoms with Crippen molar-refractivity contribution in [3.05, 3.63) is 15.6 Å². The average Bonchev–Trinajstić information content (AvgIpc) is 3.24. The maximum absolute atomic E-state index is 4.51. The van der Waals surface area contributed by atoms with Crippen molar-refractivity contribution in [3.8, 4) is 0 Å². The Morgan fingerprint density at radius 3 is 2.67 bits per heavy atom. The number of aryl methyl sites for hydroxylation is 2. The molecule has 2 saturated heterocycles. The number of nitrogens with one attached hydrogen (secondary N) is 1. The van der Waals surface area contributed by atoms with E-state index in [0.717, 1.165) is 43.1 Å². The topological polar surface area (TPSA) is 43.8 Å². The minimum absolute atomic E-state index is 0. The zero-order valence-corrected chi connectivity index (χ0v) is 18.2. The van der Waals surface area contributed by atoms with E-state index < -0.39 is 0 Å². The number of rotatable bonds is 4. The molecule has 0 saturated carbocycles. The van der Waals surface area contributed by atoms with Gasteiger partial charge in [-0.3, -0.25) is 9.89 Å². The van der Waals surface area contributed by atoms with Gasteiger partial charge in [0.2, 0.25) is 0 Å². The lowest BCUT2D eigenvalue weighted by molar-refractivity contribution is 0.249. The van der Waals surface area contributed by atoms with Crippen LogP contribution in [0.4, 0.5) is 0 Å². The molecule has 5 nitrogen and oxygen atoms in total. The predicted octanol–water partition coefficient (Wildman–Crippen LogP) is 2.67. The van der Waals surface area contributed by atoms with Crippen molar-refractivity contribution >= 4 is 41.3 Å². The summed E-state index contributed by atoms with van der Waals surface area (Å²) >= 11 is 1.81. The molecule has 1 N–H and O–H groups in total. The Morgan fingerprint density at radius 1 is 1.29 bits per heavy atom. The van der Waals surface area contributed by atoms with Gasteiger partial charge in [0.15, 0.2) is 5.96 Å². The summed E-state index contributed by atoms with van der Waals surface area (Å²) in [4.78, 5) is 15.5. The van der Waals surface area contributed by atoms with Crippen molar-refractivity contribution in [2.75, 3.05) is 39.8 Å². The first-order chi connectivity index (χ1) is 11.2.